The topological polar surface area (TPSA) is 41.6 Å². The lowest BCUT2D eigenvalue weighted by Gasteiger charge is -2.00. The van der Waals surface area contributed by atoms with Crippen molar-refractivity contribution in [1.29, 1.82) is 0 Å². The van der Waals surface area contributed by atoms with E-state index >= 15 is 0 Å². The molecule has 2 heterocycles. The average Bonchev–Trinajstić information content (AvgIpc) is 2.77. The van der Waals surface area contributed by atoms with Crippen LogP contribution in [0.15, 0.2) is 34.9 Å². The molecule has 0 aliphatic rings. The second kappa shape index (κ2) is 4.37. The van der Waals surface area contributed by atoms with Crippen molar-refractivity contribution < 1.29 is 0 Å². The zero-order valence-corrected chi connectivity index (χ0v) is 11.9. The van der Waals surface area contributed by atoms with Crippen LogP contribution in [0, 0.1) is 6.92 Å². The number of hydrogen-bond donors (Lipinski definition) is 1. The molecule has 1 N–H and O–H groups in total. The third-order valence-corrected chi connectivity index (χ3v) is 3.61. The maximum atomic E-state index is 6.20. The molecule has 0 unspecified atom stereocenters. The van der Waals surface area contributed by atoms with Crippen LogP contribution in [0.4, 0.5) is 0 Å². The average molecular weight is 323 g/mol. The van der Waals surface area contributed by atoms with Crippen molar-refractivity contribution >= 4 is 38.7 Å². The van der Waals surface area contributed by atoms with Gasteiger partial charge in [0, 0.05) is 16.2 Å². The van der Waals surface area contributed by atoms with Crippen LogP contribution in [0.3, 0.4) is 0 Å². The van der Waals surface area contributed by atoms with Gasteiger partial charge in [-0.2, -0.15) is 0 Å². The standard InChI is InChI=1S/C13H9BrClN3/c1-7-4-5-16-13-11(7)17-12(18-13)9-6-8(14)2-3-10(9)15/h2-6H,1H3,(H,16,17,18). The minimum Gasteiger partial charge on any atom is -0.336 e. The summed E-state index contributed by atoms with van der Waals surface area (Å²) in [6.45, 7) is 2.02. The molecule has 0 bridgehead atoms. The fourth-order valence-corrected chi connectivity index (χ4v) is 2.41. The van der Waals surface area contributed by atoms with Crippen molar-refractivity contribution in [2.24, 2.45) is 0 Å². The third kappa shape index (κ3) is 1.91. The van der Waals surface area contributed by atoms with E-state index in [0.29, 0.717) is 10.7 Å². The molecule has 0 radical (unpaired) electrons. The highest BCUT2D eigenvalue weighted by Crippen LogP contribution is 2.30. The van der Waals surface area contributed by atoms with E-state index in [1.54, 1.807) is 6.20 Å². The van der Waals surface area contributed by atoms with E-state index in [4.69, 9.17) is 11.6 Å². The number of aromatic amines is 1. The molecule has 0 spiro atoms. The van der Waals surface area contributed by atoms with Gasteiger partial charge in [0.05, 0.1) is 10.5 Å². The minimum atomic E-state index is 0.662. The van der Waals surface area contributed by atoms with Crippen LogP contribution >= 0.6 is 27.5 Å². The first-order valence-electron chi connectivity index (χ1n) is 5.42. The zero-order chi connectivity index (χ0) is 12.7. The van der Waals surface area contributed by atoms with Gasteiger partial charge >= 0.3 is 0 Å². The van der Waals surface area contributed by atoms with Gasteiger partial charge in [0.1, 0.15) is 5.82 Å². The Hall–Kier alpha value is -1.39. The first-order valence-corrected chi connectivity index (χ1v) is 6.59. The van der Waals surface area contributed by atoms with Crippen LogP contribution in [0.5, 0.6) is 0 Å². The number of hydrogen-bond acceptors (Lipinski definition) is 2. The molecule has 1 aromatic carbocycles. The minimum absolute atomic E-state index is 0.662. The van der Waals surface area contributed by atoms with Gasteiger partial charge in [0.15, 0.2) is 5.65 Å². The van der Waals surface area contributed by atoms with Crippen molar-refractivity contribution in [2.75, 3.05) is 0 Å². The highest BCUT2D eigenvalue weighted by Gasteiger charge is 2.11. The van der Waals surface area contributed by atoms with Gasteiger partial charge in [-0.15, -0.1) is 0 Å². The molecule has 90 valence electrons. The second-order valence-corrected chi connectivity index (χ2v) is 5.36. The van der Waals surface area contributed by atoms with Crippen LogP contribution < -0.4 is 0 Å². The first-order chi connectivity index (χ1) is 8.65. The van der Waals surface area contributed by atoms with Gasteiger partial charge in [-0.3, -0.25) is 0 Å². The molecule has 3 aromatic rings. The number of rotatable bonds is 1. The number of nitrogens with one attached hydrogen (secondary N) is 1. The molecule has 18 heavy (non-hydrogen) atoms. The van der Waals surface area contributed by atoms with Gasteiger partial charge in [-0.25, -0.2) is 9.97 Å². The van der Waals surface area contributed by atoms with E-state index in [-0.39, 0.29) is 0 Å². The Morgan fingerprint density at radius 1 is 1.28 bits per heavy atom. The van der Waals surface area contributed by atoms with Crippen LogP contribution in [-0.4, -0.2) is 15.0 Å². The first kappa shape index (κ1) is 11.7. The Labute approximate surface area is 117 Å². The van der Waals surface area contributed by atoms with E-state index in [9.17, 15) is 0 Å². The number of aromatic nitrogens is 3. The number of fused-ring (bicyclic) bond motifs is 1. The summed E-state index contributed by atoms with van der Waals surface area (Å²) in [5, 5.41) is 0.662. The normalized spacial score (nSPS) is 11.1. The summed E-state index contributed by atoms with van der Waals surface area (Å²) < 4.78 is 0.965. The molecule has 0 aliphatic heterocycles. The smallest absolute Gasteiger partial charge is 0.178 e. The molecule has 0 amide bonds. The molecule has 0 aliphatic carbocycles. The fraction of sp³-hybridized carbons (Fsp3) is 0.0769. The zero-order valence-electron chi connectivity index (χ0n) is 9.54. The molecule has 0 fully saturated rings. The maximum absolute atomic E-state index is 6.20. The maximum Gasteiger partial charge on any atom is 0.178 e. The molecule has 3 rings (SSSR count). The molecule has 0 saturated carbocycles. The van der Waals surface area contributed by atoms with Crippen molar-refractivity contribution in [3.63, 3.8) is 0 Å². The lowest BCUT2D eigenvalue weighted by molar-refractivity contribution is 1.30. The summed E-state index contributed by atoms with van der Waals surface area (Å²) in [5.41, 5.74) is 3.64. The summed E-state index contributed by atoms with van der Waals surface area (Å²) in [6, 6.07) is 7.63. The Morgan fingerprint density at radius 3 is 2.89 bits per heavy atom. The number of H-pyrrole nitrogens is 1. The lowest BCUT2D eigenvalue weighted by Crippen LogP contribution is -1.82. The van der Waals surface area contributed by atoms with Gasteiger partial charge in [-0.05, 0) is 36.8 Å². The highest BCUT2D eigenvalue weighted by molar-refractivity contribution is 9.10. The number of halogens is 2. The van der Waals surface area contributed by atoms with Crippen LogP contribution in [-0.2, 0) is 0 Å². The molecular formula is C13H9BrClN3. The van der Waals surface area contributed by atoms with E-state index in [0.717, 1.165) is 26.9 Å². The number of pyridine rings is 1. The van der Waals surface area contributed by atoms with Gasteiger partial charge < -0.3 is 4.98 Å². The largest absolute Gasteiger partial charge is 0.336 e. The number of benzene rings is 1. The monoisotopic (exact) mass is 321 g/mol. The quantitative estimate of drug-likeness (QED) is 0.723. The SMILES string of the molecule is Cc1ccnc2nc(-c3cc(Br)ccc3Cl)[nH]c12. The van der Waals surface area contributed by atoms with Crippen molar-refractivity contribution in [3.05, 3.63) is 45.5 Å². The summed E-state index contributed by atoms with van der Waals surface area (Å²) in [5.74, 6) is 0.734. The van der Waals surface area contributed by atoms with Crippen molar-refractivity contribution in [3.8, 4) is 11.4 Å². The number of nitrogens with zero attached hydrogens (tertiary/aromatic N) is 2. The second-order valence-electron chi connectivity index (χ2n) is 4.04. The van der Waals surface area contributed by atoms with Gasteiger partial charge in [0.25, 0.3) is 0 Å². The van der Waals surface area contributed by atoms with Crippen molar-refractivity contribution in [1.82, 2.24) is 15.0 Å². The summed E-state index contributed by atoms with van der Waals surface area (Å²) in [7, 11) is 0. The van der Waals surface area contributed by atoms with E-state index in [1.165, 1.54) is 0 Å². The predicted octanol–water partition coefficient (Wildman–Crippen LogP) is 4.35. The van der Waals surface area contributed by atoms with E-state index in [1.807, 2.05) is 31.2 Å². The van der Waals surface area contributed by atoms with Crippen LogP contribution in [0.25, 0.3) is 22.6 Å². The Bertz CT molecular complexity index is 736. The molecule has 5 heteroatoms. The van der Waals surface area contributed by atoms with Crippen molar-refractivity contribution in [2.45, 2.75) is 6.92 Å². The third-order valence-electron chi connectivity index (χ3n) is 2.78. The summed E-state index contributed by atoms with van der Waals surface area (Å²) >= 11 is 9.63. The Morgan fingerprint density at radius 2 is 2.11 bits per heavy atom. The molecule has 0 atom stereocenters. The van der Waals surface area contributed by atoms with Gasteiger partial charge in [-0.1, -0.05) is 27.5 Å². The van der Waals surface area contributed by atoms with Crippen LogP contribution in [0.2, 0.25) is 5.02 Å². The van der Waals surface area contributed by atoms with Gasteiger partial charge in [0.2, 0.25) is 0 Å². The highest BCUT2D eigenvalue weighted by atomic mass is 79.9. The fourth-order valence-electron chi connectivity index (χ4n) is 1.84. The molecular weight excluding hydrogens is 314 g/mol. The summed E-state index contributed by atoms with van der Waals surface area (Å²) in [6.07, 6.45) is 1.75. The molecule has 0 saturated heterocycles. The summed E-state index contributed by atoms with van der Waals surface area (Å²) in [4.78, 5) is 12.0. The lowest BCUT2D eigenvalue weighted by atomic mass is 10.2. The Balaban J connectivity index is 2.26. The predicted molar refractivity (Wildman–Crippen MR) is 76.8 cm³/mol. The van der Waals surface area contributed by atoms with E-state index < -0.39 is 0 Å². The van der Waals surface area contributed by atoms with E-state index in [2.05, 4.69) is 30.9 Å². The number of imidazole rings is 1. The van der Waals surface area contributed by atoms with Crippen LogP contribution in [0.1, 0.15) is 5.56 Å². The number of aryl methyl sites for hydroxylation is 1. The Kier molecular flexibility index (Phi) is 2.84. The molecule has 2 aromatic heterocycles. The molecule has 3 nitrogen and oxygen atoms in total.